The van der Waals surface area contributed by atoms with Gasteiger partial charge in [-0.2, -0.15) is 0 Å². The minimum absolute atomic E-state index is 0.0257. The highest BCUT2D eigenvalue weighted by molar-refractivity contribution is 5.75. The number of aliphatic hydroxyl groups excluding tert-OH is 1. The Kier molecular flexibility index (Phi) is 8.27. The van der Waals surface area contributed by atoms with Crippen molar-refractivity contribution < 1.29 is 14.6 Å². The SMILES string of the molecule is CCCCCC(=O)NC[C@@H](N)C(O)OC. The molecule has 0 heterocycles. The zero-order valence-corrected chi connectivity index (χ0v) is 9.53. The zero-order chi connectivity index (χ0) is 11.7. The number of methoxy groups -OCH3 is 1. The van der Waals surface area contributed by atoms with Gasteiger partial charge in [0.05, 0.1) is 6.04 Å². The van der Waals surface area contributed by atoms with Crippen LogP contribution in [0.3, 0.4) is 0 Å². The van der Waals surface area contributed by atoms with Gasteiger partial charge in [-0.1, -0.05) is 19.8 Å². The number of rotatable bonds is 8. The van der Waals surface area contributed by atoms with E-state index in [1.807, 2.05) is 0 Å². The van der Waals surface area contributed by atoms with Gasteiger partial charge in [-0.15, -0.1) is 0 Å². The maximum Gasteiger partial charge on any atom is 0.220 e. The standard InChI is InChI=1S/C10H22N2O3/c1-3-4-5-6-9(13)12-7-8(11)10(14)15-2/h8,10,14H,3-7,11H2,1-2H3,(H,12,13)/t8-,10?/m1/s1. The predicted octanol–water partition coefficient (Wildman–Crippen LogP) is -0.0250. The number of carbonyl (C=O) groups excluding carboxylic acids is 1. The summed E-state index contributed by atoms with van der Waals surface area (Å²) in [4.78, 5) is 11.2. The van der Waals surface area contributed by atoms with Crippen LogP contribution < -0.4 is 11.1 Å². The van der Waals surface area contributed by atoms with Gasteiger partial charge in [-0.3, -0.25) is 4.79 Å². The molecule has 2 atom stereocenters. The molecule has 0 spiro atoms. The fraction of sp³-hybridized carbons (Fsp3) is 0.900. The third-order valence-electron chi connectivity index (χ3n) is 2.15. The number of ether oxygens (including phenoxy) is 1. The van der Waals surface area contributed by atoms with Crippen molar-refractivity contribution in [2.24, 2.45) is 5.73 Å². The molecule has 0 aromatic carbocycles. The molecule has 90 valence electrons. The average molecular weight is 218 g/mol. The number of amides is 1. The normalized spacial score (nSPS) is 14.7. The summed E-state index contributed by atoms with van der Waals surface area (Å²) >= 11 is 0. The fourth-order valence-electron chi connectivity index (χ4n) is 1.13. The molecule has 5 nitrogen and oxygen atoms in total. The van der Waals surface area contributed by atoms with E-state index in [-0.39, 0.29) is 12.5 Å². The summed E-state index contributed by atoms with van der Waals surface area (Å²) in [5.74, 6) is -0.0257. The summed E-state index contributed by atoms with van der Waals surface area (Å²) in [5.41, 5.74) is 5.54. The lowest BCUT2D eigenvalue weighted by molar-refractivity contribution is -0.122. The van der Waals surface area contributed by atoms with Crippen LogP contribution in [-0.2, 0) is 9.53 Å². The summed E-state index contributed by atoms with van der Waals surface area (Å²) in [5, 5.41) is 11.8. The van der Waals surface area contributed by atoms with Gasteiger partial charge in [-0.25, -0.2) is 0 Å². The summed E-state index contributed by atoms with van der Waals surface area (Å²) in [6.45, 7) is 2.32. The number of aliphatic hydroxyl groups is 1. The highest BCUT2D eigenvalue weighted by Gasteiger charge is 2.14. The molecule has 0 bridgehead atoms. The Hall–Kier alpha value is -0.650. The second kappa shape index (κ2) is 8.64. The number of carbonyl (C=O) groups is 1. The van der Waals surface area contributed by atoms with Crippen molar-refractivity contribution in [2.45, 2.75) is 44.9 Å². The van der Waals surface area contributed by atoms with E-state index in [1.54, 1.807) is 0 Å². The van der Waals surface area contributed by atoms with E-state index >= 15 is 0 Å². The van der Waals surface area contributed by atoms with E-state index in [4.69, 9.17) is 10.8 Å². The Bertz CT molecular complexity index is 176. The summed E-state index contributed by atoms with van der Waals surface area (Å²) in [7, 11) is 1.37. The van der Waals surface area contributed by atoms with Crippen molar-refractivity contribution in [3.8, 4) is 0 Å². The maximum atomic E-state index is 11.2. The predicted molar refractivity (Wildman–Crippen MR) is 58.1 cm³/mol. The van der Waals surface area contributed by atoms with Crippen LogP contribution in [0, 0.1) is 0 Å². The molecule has 15 heavy (non-hydrogen) atoms. The minimum atomic E-state index is -1.03. The van der Waals surface area contributed by atoms with Crippen molar-refractivity contribution >= 4 is 5.91 Å². The molecule has 0 aliphatic carbocycles. The van der Waals surface area contributed by atoms with Crippen molar-refractivity contribution in [2.75, 3.05) is 13.7 Å². The van der Waals surface area contributed by atoms with Crippen LogP contribution >= 0.6 is 0 Å². The third-order valence-corrected chi connectivity index (χ3v) is 2.15. The van der Waals surface area contributed by atoms with Crippen molar-refractivity contribution in [3.05, 3.63) is 0 Å². The van der Waals surface area contributed by atoms with E-state index in [0.29, 0.717) is 6.42 Å². The molecule has 0 aliphatic heterocycles. The smallest absolute Gasteiger partial charge is 0.220 e. The second-order valence-electron chi connectivity index (χ2n) is 3.55. The van der Waals surface area contributed by atoms with Crippen LogP contribution in [0.25, 0.3) is 0 Å². The van der Waals surface area contributed by atoms with Gasteiger partial charge in [0.15, 0.2) is 6.29 Å². The van der Waals surface area contributed by atoms with Crippen LogP contribution in [0.4, 0.5) is 0 Å². The minimum Gasteiger partial charge on any atom is -0.367 e. The molecule has 0 saturated heterocycles. The molecule has 0 fully saturated rings. The number of nitrogens with one attached hydrogen (secondary N) is 1. The molecule has 0 aromatic heterocycles. The van der Waals surface area contributed by atoms with E-state index in [0.717, 1.165) is 19.3 Å². The molecule has 0 aliphatic rings. The van der Waals surface area contributed by atoms with Crippen LogP contribution in [0.2, 0.25) is 0 Å². The van der Waals surface area contributed by atoms with Gasteiger partial charge in [-0.05, 0) is 6.42 Å². The maximum absolute atomic E-state index is 11.2. The van der Waals surface area contributed by atoms with E-state index in [2.05, 4.69) is 17.0 Å². The quantitative estimate of drug-likeness (QED) is 0.395. The van der Waals surface area contributed by atoms with Crippen LogP contribution in [0.15, 0.2) is 0 Å². The molecule has 0 radical (unpaired) electrons. The van der Waals surface area contributed by atoms with Gasteiger partial charge in [0.25, 0.3) is 0 Å². The molecule has 4 N–H and O–H groups in total. The average Bonchev–Trinajstić information content (AvgIpc) is 2.25. The van der Waals surface area contributed by atoms with E-state index < -0.39 is 12.3 Å². The Balaban J connectivity index is 3.52. The first kappa shape index (κ1) is 14.3. The first-order chi connectivity index (χ1) is 7.11. The van der Waals surface area contributed by atoms with E-state index in [1.165, 1.54) is 7.11 Å². The number of hydrogen-bond donors (Lipinski definition) is 3. The van der Waals surface area contributed by atoms with Crippen molar-refractivity contribution in [1.82, 2.24) is 5.32 Å². The van der Waals surface area contributed by atoms with Gasteiger partial charge in [0, 0.05) is 20.1 Å². The summed E-state index contributed by atoms with van der Waals surface area (Å²) in [6.07, 6.45) is 2.53. The number of hydrogen-bond acceptors (Lipinski definition) is 4. The lowest BCUT2D eigenvalue weighted by Crippen LogP contribution is -2.45. The zero-order valence-electron chi connectivity index (χ0n) is 9.53. The van der Waals surface area contributed by atoms with E-state index in [9.17, 15) is 4.79 Å². The van der Waals surface area contributed by atoms with Crippen molar-refractivity contribution in [3.63, 3.8) is 0 Å². The molecule has 0 rings (SSSR count). The number of unbranched alkanes of at least 4 members (excludes halogenated alkanes) is 2. The second-order valence-corrected chi connectivity index (χ2v) is 3.55. The Morgan fingerprint density at radius 2 is 2.20 bits per heavy atom. The largest absolute Gasteiger partial charge is 0.367 e. The topological polar surface area (TPSA) is 84.6 Å². The van der Waals surface area contributed by atoms with Crippen LogP contribution in [0.1, 0.15) is 32.6 Å². The third kappa shape index (κ3) is 7.30. The fourth-order valence-corrected chi connectivity index (χ4v) is 1.13. The lowest BCUT2D eigenvalue weighted by Gasteiger charge is -2.17. The first-order valence-electron chi connectivity index (χ1n) is 5.35. The van der Waals surface area contributed by atoms with Gasteiger partial charge in [0.2, 0.25) is 5.91 Å². The Labute approximate surface area is 91.0 Å². The van der Waals surface area contributed by atoms with Crippen molar-refractivity contribution in [1.29, 1.82) is 0 Å². The van der Waals surface area contributed by atoms with Crippen LogP contribution in [0.5, 0.6) is 0 Å². The van der Waals surface area contributed by atoms with Gasteiger partial charge < -0.3 is 20.9 Å². The summed E-state index contributed by atoms with van der Waals surface area (Å²) < 4.78 is 4.62. The first-order valence-corrected chi connectivity index (χ1v) is 5.35. The summed E-state index contributed by atoms with van der Waals surface area (Å²) in [6, 6.07) is -0.579. The van der Waals surface area contributed by atoms with Gasteiger partial charge in [0.1, 0.15) is 0 Å². The molecule has 5 heteroatoms. The number of nitrogens with two attached hydrogens (primary N) is 1. The Morgan fingerprint density at radius 1 is 1.53 bits per heavy atom. The molecule has 0 aromatic rings. The molecular formula is C10H22N2O3. The van der Waals surface area contributed by atoms with Gasteiger partial charge >= 0.3 is 0 Å². The highest BCUT2D eigenvalue weighted by Crippen LogP contribution is 1.98. The highest BCUT2D eigenvalue weighted by atomic mass is 16.6. The molecule has 1 amide bonds. The Morgan fingerprint density at radius 3 is 2.73 bits per heavy atom. The molecular weight excluding hydrogens is 196 g/mol. The van der Waals surface area contributed by atoms with Crippen LogP contribution in [-0.4, -0.2) is 37.0 Å². The lowest BCUT2D eigenvalue weighted by atomic mass is 10.2. The molecule has 0 saturated carbocycles. The molecule has 1 unspecified atom stereocenters. The monoisotopic (exact) mass is 218 g/mol.